The Labute approximate surface area is 141 Å². The molecule has 0 bridgehead atoms. The van der Waals surface area contributed by atoms with Crippen molar-refractivity contribution in [2.75, 3.05) is 13.1 Å². The lowest BCUT2D eigenvalue weighted by molar-refractivity contribution is 0.368. The smallest absolute Gasteiger partial charge is 0.226 e. The van der Waals surface area contributed by atoms with Crippen molar-refractivity contribution in [1.82, 2.24) is 20.8 Å². The first-order chi connectivity index (χ1) is 11.2. The molecule has 0 unspecified atom stereocenters. The molecule has 0 spiro atoms. The minimum atomic E-state index is 0.301. The van der Waals surface area contributed by atoms with Gasteiger partial charge in [-0.25, -0.2) is 4.99 Å². The van der Waals surface area contributed by atoms with Gasteiger partial charge >= 0.3 is 0 Å². The van der Waals surface area contributed by atoms with Crippen LogP contribution in [0.25, 0.3) is 0 Å². The van der Waals surface area contributed by atoms with Crippen molar-refractivity contribution in [1.29, 1.82) is 0 Å². The van der Waals surface area contributed by atoms with Crippen LogP contribution in [0.1, 0.15) is 50.4 Å². The Hall–Kier alpha value is -1.89. The Morgan fingerprint density at radius 3 is 2.91 bits per heavy atom. The monoisotopic (exact) mass is 335 g/mol. The van der Waals surface area contributed by atoms with E-state index in [9.17, 15) is 0 Å². The average Bonchev–Trinajstić information content (AvgIpc) is 3.20. The number of nitrogens with one attached hydrogen (secondary N) is 2. The maximum absolute atomic E-state index is 5.24. The summed E-state index contributed by atoms with van der Waals surface area (Å²) in [7, 11) is 0. The van der Waals surface area contributed by atoms with Crippen molar-refractivity contribution < 1.29 is 4.52 Å². The van der Waals surface area contributed by atoms with Crippen molar-refractivity contribution in [3.63, 3.8) is 0 Å². The van der Waals surface area contributed by atoms with Gasteiger partial charge in [0.1, 0.15) is 0 Å². The number of rotatable bonds is 8. The highest BCUT2D eigenvalue weighted by molar-refractivity contribution is 7.07. The fraction of sp³-hybridized carbons (Fsp3) is 0.562. The summed E-state index contributed by atoms with van der Waals surface area (Å²) in [6.07, 6.45) is 1.69. The van der Waals surface area contributed by atoms with Gasteiger partial charge in [-0.05, 0) is 35.7 Å². The van der Waals surface area contributed by atoms with Gasteiger partial charge in [0, 0.05) is 25.4 Å². The van der Waals surface area contributed by atoms with E-state index in [0.717, 1.165) is 37.7 Å². The molecule has 0 aliphatic heterocycles. The summed E-state index contributed by atoms with van der Waals surface area (Å²) in [6.45, 7) is 8.53. The van der Waals surface area contributed by atoms with Crippen LogP contribution in [0.15, 0.2) is 26.3 Å². The molecular weight excluding hydrogens is 310 g/mol. The van der Waals surface area contributed by atoms with Gasteiger partial charge < -0.3 is 15.2 Å². The van der Waals surface area contributed by atoms with E-state index in [-0.39, 0.29) is 0 Å². The van der Waals surface area contributed by atoms with Gasteiger partial charge in [0.25, 0.3) is 0 Å². The van der Waals surface area contributed by atoms with Crippen LogP contribution in [0.3, 0.4) is 0 Å². The van der Waals surface area contributed by atoms with E-state index in [4.69, 9.17) is 4.52 Å². The number of hydrogen-bond donors (Lipinski definition) is 2. The molecule has 2 aromatic rings. The summed E-state index contributed by atoms with van der Waals surface area (Å²) in [5.41, 5.74) is 1.24. The molecule has 2 rings (SSSR count). The van der Waals surface area contributed by atoms with Crippen molar-refractivity contribution in [2.24, 2.45) is 4.99 Å². The quantitative estimate of drug-likeness (QED) is 0.441. The normalized spacial score (nSPS) is 11.9. The lowest BCUT2D eigenvalue weighted by atomic mass is 10.2. The molecular formula is C16H25N5OS. The molecule has 2 heterocycles. The molecule has 0 amide bonds. The van der Waals surface area contributed by atoms with Crippen LogP contribution >= 0.6 is 11.3 Å². The number of nitrogens with zero attached hydrogens (tertiary/aromatic N) is 3. The zero-order chi connectivity index (χ0) is 16.5. The molecule has 2 aromatic heterocycles. The number of thiophene rings is 1. The van der Waals surface area contributed by atoms with E-state index in [0.29, 0.717) is 18.4 Å². The summed E-state index contributed by atoms with van der Waals surface area (Å²) >= 11 is 1.69. The molecule has 0 fully saturated rings. The third-order valence-electron chi connectivity index (χ3n) is 3.20. The Morgan fingerprint density at radius 2 is 2.26 bits per heavy atom. The van der Waals surface area contributed by atoms with Crippen LogP contribution in [-0.2, 0) is 13.0 Å². The fourth-order valence-electron chi connectivity index (χ4n) is 1.95. The summed E-state index contributed by atoms with van der Waals surface area (Å²) in [5, 5.41) is 14.8. The van der Waals surface area contributed by atoms with E-state index in [1.165, 1.54) is 5.56 Å². The minimum Gasteiger partial charge on any atom is -0.357 e. The van der Waals surface area contributed by atoms with Gasteiger partial charge in [0.05, 0.1) is 6.54 Å². The van der Waals surface area contributed by atoms with Gasteiger partial charge in [0.2, 0.25) is 5.89 Å². The lowest BCUT2D eigenvalue weighted by Crippen LogP contribution is -2.37. The van der Waals surface area contributed by atoms with Crippen molar-refractivity contribution >= 4 is 17.3 Å². The summed E-state index contributed by atoms with van der Waals surface area (Å²) in [4.78, 5) is 8.96. The Bertz CT molecular complexity index is 591. The maximum atomic E-state index is 5.24. The minimum absolute atomic E-state index is 0.301. The average molecular weight is 335 g/mol. The van der Waals surface area contributed by atoms with Crippen molar-refractivity contribution in [2.45, 2.75) is 46.1 Å². The first kappa shape index (κ1) is 17.5. The van der Waals surface area contributed by atoms with E-state index in [1.54, 1.807) is 11.3 Å². The van der Waals surface area contributed by atoms with E-state index >= 15 is 0 Å². The first-order valence-corrected chi connectivity index (χ1v) is 8.99. The van der Waals surface area contributed by atoms with Crippen LogP contribution in [0, 0.1) is 0 Å². The molecule has 0 aromatic carbocycles. The molecule has 126 valence electrons. The second-order valence-electron chi connectivity index (χ2n) is 5.56. The molecule has 0 saturated heterocycles. The predicted molar refractivity (Wildman–Crippen MR) is 93.8 cm³/mol. The van der Waals surface area contributed by atoms with Gasteiger partial charge in [-0.3, -0.25) is 0 Å². The maximum Gasteiger partial charge on any atom is 0.226 e. The third kappa shape index (κ3) is 6.02. The molecule has 2 N–H and O–H groups in total. The topological polar surface area (TPSA) is 75.3 Å². The zero-order valence-corrected chi connectivity index (χ0v) is 14.8. The highest BCUT2D eigenvalue weighted by Gasteiger charge is 2.09. The molecule has 0 saturated carbocycles. The SMILES string of the molecule is CCNC(=NCc1ccsc1)NCCCc1nc(C(C)C)no1. The second-order valence-corrected chi connectivity index (χ2v) is 6.34. The molecule has 7 heteroatoms. The highest BCUT2D eigenvalue weighted by Crippen LogP contribution is 2.10. The Balaban J connectivity index is 1.74. The number of aryl methyl sites for hydroxylation is 1. The highest BCUT2D eigenvalue weighted by atomic mass is 32.1. The number of aliphatic imine (C=N–C) groups is 1. The van der Waals surface area contributed by atoms with E-state index < -0.39 is 0 Å². The van der Waals surface area contributed by atoms with Crippen molar-refractivity contribution in [3.8, 4) is 0 Å². The van der Waals surface area contributed by atoms with E-state index in [1.807, 2.05) is 0 Å². The predicted octanol–water partition coefficient (Wildman–Crippen LogP) is 2.94. The molecule has 0 aliphatic rings. The third-order valence-corrected chi connectivity index (χ3v) is 3.94. The van der Waals surface area contributed by atoms with Gasteiger partial charge in [-0.2, -0.15) is 16.3 Å². The van der Waals surface area contributed by atoms with Crippen LogP contribution < -0.4 is 10.6 Å². The van der Waals surface area contributed by atoms with Crippen LogP contribution in [0.2, 0.25) is 0 Å². The van der Waals surface area contributed by atoms with Gasteiger partial charge in [0.15, 0.2) is 11.8 Å². The number of guanidine groups is 1. The van der Waals surface area contributed by atoms with Crippen molar-refractivity contribution in [3.05, 3.63) is 34.1 Å². The lowest BCUT2D eigenvalue weighted by Gasteiger charge is -2.10. The number of aromatic nitrogens is 2. The van der Waals surface area contributed by atoms with Gasteiger partial charge in [-0.1, -0.05) is 19.0 Å². The first-order valence-electron chi connectivity index (χ1n) is 8.04. The molecule has 0 radical (unpaired) electrons. The summed E-state index contributed by atoms with van der Waals surface area (Å²) in [6, 6.07) is 2.10. The largest absolute Gasteiger partial charge is 0.357 e. The van der Waals surface area contributed by atoms with Crippen LogP contribution in [0.4, 0.5) is 0 Å². The standard InChI is InChI=1S/C16H25N5OS/c1-4-17-16(19-10-13-7-9-23-11-13)18-8-5-6-14-20-15(12(2)3)21-22-14/h7,9,11-12H,4-6,8,10H2,1-3H3,(H2,17,18,19). The summed E-state index contributed by atoms with van der Waals surface area (Å²) in [5.74, 6) is 2.62. The molecule has 0 atom stereocenters. The second kappa shape index (κ2) is 9.29. The number of hydrogen-bond acceptors (Lipinski definition) is 5. The Morgan fingerprint density at radius 1 is 1.39 bits per heavy atom. The fourth-order valence-corrected chi connectivity index (χ4v) is 2.61. The van der Waals surface area contributed by atoms with E-state index in [2.05, 4.69) is 63.4 Å². The van der Waals surface area contributed by atoms with Crippen LogP contribution in [0.5, 0.6) is 0 Å². The molecule has 6 nitrogen and oxygen atoms in total. The zero-order valence-electron chi connectivity index (χ0n) is 14.0. The molecule has 0 aliphatic carbocycles. The summed E-state index contributed by atoms with van der Waals surface area (Å²) < 4.78 is 5.24. The molecule has 23 heavy (non-hydrogen) atoms. The van der Waals surface area contributed by atoms with Crippen LogP contribution in [-0.4, -0.2) is 29.2 Å². The van der Waals surface area contributed by atoms with Gasteiger partial charge in [-0.15, -0.1) is 0 Å². The Kier molecular flexibility index (Phi) is 7.06.